The second-order valence-electron chi connectivity index (χ2n) is 6.58. The SMILES string of the molecule is O=S(O)NCCC1CCCCC1COc1ccc(-c2ccsc2)cc1. The molecule has 1 heterocycles. The van der Waals surface area contributed by atoms with E-state index in [4.69, 9.17) is 9.29 Å². The first-order valence-electron chi connectivity index (χ1n) is 8.82. The summed E-state index contributed by atoms with van der Waals surface area (Å²) < 4.78 is 28.2. The third kappa shape index (κ3) is 5.64. The zero-order valence-corrected chi connectivity index (χ0v) is 15.9. The molecule has 1 fully saturated rings. The lowest BCUT2D eigenvalue weighted by Crippen LogP contribution is -2.29. The van der Waals surface area contributed by atoms with Crippen molar-refractivity contribution in [3.63, 3.8) is 0 Å². The second kappa shape index (κ2) is 9.48. The van der Waals surface area contributed by atoms with Gasteiger partial charge in [-0.1, -0.05) is 31.4 Å². The van der Waals surface area contributed by atoms with E-state index in [1.807, 2.05) is 12.1 Å². The first kappa shape index (κ1) is 18.6. The molecule has 0 saturated heterocycles. The zero-order valence-electron chi connectivity index (χ0n) is 14.2. The number of nitrogens with one attached hydrogen (secondary N) is 1. The highest BCUT2D eigenvalue weighted by Crippen LogP contribution is 2.33. The van der Waals surface area contributed by atoms with Crippen LogP contribution in [0.5, 0.6) is 5.75 Å². The quantitative estimate of drug-likeness (QED) is 0.653. The molecule has 0 radical (unpaired) electrons. The Morgan fingerprint density at radius 2 is 1.88 bits per heavy atom. The van der Waals surface area contributed by atoms with Crippen molar-refractivity contribution in [1.29, 1.82) is 0 Å². The van der Waals surface area contributed by atoms with Crippen LogP contribution in [0.15, 0.2) is 41.1 Å². The Labute approximate surface area is 156 Å². The normalized spacial score (nSPS) is 21.8. The van der Waals surface area contributed by atoms with Crippen molar-refractivity contribution < 1.29 is 13.5 Å². The van der Waals surface area contributed by atoms with Gasteiger partial charge in [0.05, 0.1) is 6.61 Å². The van der Waals surface area contributed by atoms with Crippen LogP contribution in [0, 0.1) is 11.8 Å². The van der Waals surface area contributed by atoms with Crippen molar-refractivity contribution in [1.82, 2.24) is 4.72 Å². The van der Waals surface area contributed by atoms with Gasteiger partial charge in [-0.2, -0.15) is 11.3 Å². The Bertz CT molecular complexity index is 658. The first-order chi connectivity index (χ1) is 12.2. The molecule has 3 unspecified atom stereocenters. The highest BCUT2D eigenvalue weighted by Gasteiger charge is 2.25. The summed E-state index contributed by atoms with van der Waals surface area (Å²) in [6, 6.07) is 10.4. The van der Waals surface area contributed by atoms with Gasteiger partial charge < -0.3 is 4.74 Å². The zero-order chi connectivity index (χ0) is 17.5. The summed E-state index contributed by atoms with van der Waals surface area (Å²) in [5.74, 6) is 2.01. The molecule has 3 atom stereocenters. The average Bonchev–Trinajstić information content (AvgIpc) is 3.16. The van der Waals surface area contributed by atoms with Crippen LogP contribution < -0.4 is 9.46 Å². The van der Waals surface area contributed by atoms with Gasteiger partial charge in [-0.05, 0) is 64.8 Å². The maximum absolute atomic E-state index is 10.7. The van der Waals surface area contributed by atoms with Crippen molar-refractivity contribution in [2.75, 3.05) is 13.2 Å². The maximum Gasteiger partial charge on any atom is 0.231 e. The average molecular weight is 380 g/mol. The highest BCUT2D eigenvalue weighted by molar-refractivity contribution is 7.77. The Hall–Kier alpha value is -1.21. The fourth-order valence-corrected chi connectivity index (χ4v) is 4.55. The molecule has 1 aromatic carbocycles. The van der Waals surface area contributed by atoms with E-state index in [2.05, 4.69) is 33.7 Å². The van der Waals surface area contributed by atoms with Gasteiger partial charge in [-0.25, -0.2) is 8.93 Å². The maximum atomic E-state index is 10.7. The smallest absolute Gasteiger partial charge is 0.231 e. The van der Waals surface area contributed by atoms with E-state index in [0.29, 0.717) is 18.4 Å². The van der Waals surface area contributed by atoms with E-state index in [9.17, 15) is 4.21 Å². The number of benzene rings is 1. The molecular weight excluding hydrogens is 354 g/mol. The van der Waals surface area contributed by atoms with E-state index in [-0.39, 0.29) is 0 Å². The summed E-state index contributed by atoms with van der Waals surface area (Å²) in [5.41, 5.74) is 2.46. The molecule has 2 aromatic rings. The minimum absolute atomic E-state index is 0.527. The molecule has 0 aliphatic heterocycles. The summed E-state index contributed by atoms with van der Waals surface area (Å²) in [5, 5.41) is 4.24. The summed E-state index contributed by atoms with van der Waals surface area (Å²) in [4.78, 5) is 0. The molecule has 136 valence electrons. The van der Waals surface area contributed by atoms with Gasteiger partial charge in [0.25, 0.3) is 0 Å². The van der Waals surface area contributed by atoms with Crippen molar-refractivity contribution >= 4 is 22.6 Å². The van der Waals surface area contributed by atoms with Crippen LogP contribution >= 0.6 is 11.3 Å². The highest BCUT2D eigenvalue weighted by atomic mass is 32.2. The topological polar surface area (TPSA) is 58.6 Å². The number of hydrogen-bond donors (Lipinski definition) is 2. The predicted octanol–water partition coefficient (Wildman–Crippen LogP) is 4.72. The lowest BCUT2D eigenvalue weighted by molar-refractivity contribution is 0.143. The van der Waals surface area contributed by atoms with Gasteiger partial charge in [-0.3, -0.25) is 4.55 Å². The fraction of sp³-hybridized carbons (Fsp3) is 0.474. The van der Waals surface area contributed by atoms with Crippen LogP contribution in [-0.4, -0.2) is 21.9 Å². The Morgan fingerprint density at radius 1 is 1.12 bits per heavy atom. The van der Waals surface area contributed by atoms with Gasteiger partial charge in [0, 0.05) is 6.54 Å². The van der Waals surface area contributed by atoms with E-state index < -0.39 is 11.3 Å². The standard InChI is InChI=1S/C19H25NO3S2/c21-25(22)20-11-9-15-3-1-2-4-17(15)13-23-19-7-5-16(6-8-19)18-10-12-24-14-18/h5-8,10,12,14-15,17,20H,1-4,9,11,13H2,(H,21,22). The van der Waals surface area contributed by atoms with Crippen LogP contribution in [0.4, 0.5) is 0 Å². The third-order valence-electron chi connectivity index (χ3n) is 4.98. The minimum atomic E-state index is -1.91. The van der Waals surface area contributed by atoms with E-state index >= 15 is 0 Å². The molecule has 1 saturated carbocycles. The molecule has 1 aliphatic rings. The summed E-state index contributed by atoms with van der Waals surface area (Å²) in [6.45, 7) is 1.31. The van der Waals surface area contributed by atoms with Crippen molar-refractivity contribution in [3.8, 4) is 16.9 Å². The van der Waals surface area contributed by atoms with Crippen molar-refractivity contribution in [3.05, 3.63) is 41.1 Å². The number of hydrogen-bond acceptors (Lipinski definition) is 3. The number of ether oxygens (including phenoxy) is 1. The monoisotopic (exact) mass is 379 g/mol. The predicted molar refractivity (Wildman–Crippen MR) is 104 cm³/mol. The molecular formula is C19H25NO3S2. The lowest BCUT2D eigenvalue weighted by Gasteiger charge is -2.31. The van der Waals surface area contributed by atoms with Gasteiger partial charge in [0.15, 0.2) is 0 Å². The van der Waals surface area contributed by atoms with E-state index in [1.165, 1.54) is 36.8 Å². The second-order valence-corrected chi connectivity index (χ2v) is 8.15. The fourth-order valence-electron chi connectivity index (χ4n) is 3.59. The van der Waals surface area contributed by atoms with Crippen LogP contribution in [0.3, 0.4) is 0 Å². The van der Waals surface area contributed by atoms with Gasteiger partial charge in [0.1, 0.15) is 5.75 Å². The van der Waals surface area contributed by atoms with Crippen LogP contribution in [0.25, 0.3) is 11.1 Å². The van der Waals surface area contributed by atoms with E-state index in [1.54, 1.807) is 11.3 Å². The summed E-state index contributed by atoms with van der Waals surface area (Å²) in [7, 11) is 0. The molecule has 0 bridgehead atoms. The van der Waals surface area contributed by atoms with Gasteiger partial charge >= 0.3 is 0 Å². The lowest BCUT2D eigenvalue weighted by atomic mass is 9.78. The number of rotatable bonds is 8. The molecule has 1 aliphatic carbocycles. The summed E-state index contributed by atoms with van der Waals surface area (Å²) >= 11 is -0.205. The first-order valence-corrected chi connectivity index (χ1v) is 10.9. The molecule has 0 spiro atoms. The molecule has 3 rings (SSSR count). The van der Waals surface area contributed by atoms with Crippen molar-refractivity contribution in [2.45, 2.75) is 32.1 Å². The molecule has 4 nitrogen and oxygen atoms in total. The minimum Gasteiger partial charge on any atom is -0.493 e. The van der Waals surface area contributed by atoms with Gasteiger partial charge in [0.2, 0.25) is 11.3 Å². The third-order valence-corrected chi connectivity index (χ3v) is 6.11. The molecule has 1 aromatic heterocycles. The van der Waals surface area contributed by atoms with Crippen molar-refractivity contribution in [2.24, 2.45) is 11.8 Å². The number of thiophene rings is 1. The molecule has 0 amide bonds. The Kier molecular flexibility index (Phi) is 7.04. The van der Waals surface area contributed by atoms with Crippen LogP contribution in [-0.2, 0) is 11.3 Å². The van der Waals surface area contributed by atoms with Crippen LogP contribution in [0.2, 0.25) is 0 Å². The Balaban J connectivity index is 1.51. The molecule has 2 N–H and O–H groups in total. The Morgan fingerprint density at radius 3 is 2.56 bits per heavy atom. The largest absolute Gasteiger partial charge is 0.493 e. The van der Waals surface area contributed by atoms with Crippen LogP contribution in [0.1, 0.15) is 32.1 Å². The molecule has 25 heavy (non-hydrogen) atoms. The van der Waals surface area contributed by atoms with E-state index in [0.717, 1.165) is 18.8 Å². The molecule has 6 heteroatoms. The summed E-state index contributed by atoms with van der Waals surface area (Å²) in [6.07, 6.45) is 5.79. The van der Waals surface area contributed by atoms with Gasteiger partial charge in [-0.15, -0.1) is 0 Å².